The van der Waals surface area contributed by atoms with Crippen molar-refractivity contribution in [2.75, 3.05) is 0 Å². The predicted octanol–water partition coefficient (Wildman–Crippen LogP) is 3.74. The highest BCUT2D eigenvalue weighted by atomic mass is 16.5. The Hall–Kier alpha value is -3.74. The number of ether oxygens (including phenoxy) is 1. The molecular formula is C22H19N3O4. The van der Waals surface area contributed by atoms with Gasteiger partial charge in [-0.15, -0.1) is 10.2 Å². The molecule has 7 heteroatoms. The second-order valence-electron chi connectivity index (χ2n) is 6.62. The number of fused-ring (bicyclic) bond motifs is 1. The molecule has 0 saturated carbocycles. The number of aromatic nitrogens is 2. The summed E-state index contributed by atoms with van der Waals surface area (Å²) in [4.78, 5) is 26.0. The van der Waals surface area contributed by atoms with Crippen LogP contribution < -0.4 is 0 Å². The molecule has 1 atom stereocenters. The molecule has 146 valence electrons. The molecule has 0 bridgehead atoms. The van der Waals surface area contributed by atoms with Gasteiger partial charge in [0.25, 0.3) is 5.89 Å². The Balaban J connectivity index is 1.42. The van der Waals surface area contributed by atoms with Gasteiger partial charge in [0, 0.05) is 18.7 Å². The molecule has 0 aliphatic carbocycles. The second kappa shape index (κ2) is 8.10. The number of benzene rings is 2. The minimum absolute atomic E-state index is 0.0284. The standard InChI is InChI=1S/C22H19N3O4/c1-15(26)25-12-11-16-7-5-6-10-18(16)19(25)13-21(27)28-14-20-23-24-22(29-20)17-8-3-2-4-9-17/h2-12,19H,13-14H2,1H3/t19-/m1/s1. The third-order valence-corrected chi connectivity index (χ3v) is 4.67. The van der Waals surface area contributed by atoms with E-state index in [2.05, 4.69) is 10.2 Å². The quantitative estimate of drug-likeness (QED) is 0.618. The Morgan fingerprint density at radius 1 is 1.07 bits per heavy atom. The molecule has 1 aliphatic heterocycles. The third kappa shape index (κ3) is 4.08. The van der Waals surface area contributed by atoms with Gasteiger partial charge in [-0.3, -0.25) is 9.59 Å². The van der Waals surface area contributed by atoms with Crippen LogP contribution in [0.3, 0.4) is 0 Å². The molecule has 0 radical (unpaired) electrons. The number of amides is 1. The van der Waals surface area contributed by atoms with Gasteiger partial charge >= 0.3 is 5.97 Å². The number of hydrogen-bond acceptors (Lipinski definition) is 6. The number of carbonyl (C=O) groups excluding carboxylic acids is 2. The van der Waals surface area contributed by atoms with Gasteiger partial charge in [0.15, 0.2) is 6.61 Å². The molecule has 7 nitrogen and oxygen atoms in total. The first-order valence-electron chi connectivity index (χ1n) is 9.21. The molecule has 2 heterocycles. The van der Waals surface area contributed by atoms with Crippen LogP contribution in [0.5, 0.6) is 0 Å². The maximum atomic E-state index is 12.5. The van der Waals surface area contributed by atoms with E-state index in [0.29, 0.717) is 5.89 Å². The van der Waals surface area contributed by atoms with E-state index >= 15 is 0 Å². The highest BCUT2D eigenvalue weighted by Crippen LogP contribution is 2.33. The van der Waals surface area contributed by atoms with Crippen molar-refractivity contribution in [3.8, 4) is 11.5 Å². The van der Waals surface area contributed by atoms with Crippen molar-refractivity contribution in [2.45, 2.75) is 26.0 Å². The number of hydrogen-bond donors (Lipinski definition) is 0. The van der Waals surface area contributed by atoms with Gasteiger partial charge in [-0.05, 0) is 29.3 Å². The molecule has 1 aromatic heterocycles. The van der Waals surface area contributed by atoms with Gasteiger partial charge in [-0.25, -0.2) is 0 Å². The summed E-state index contributed by atoms with van der Waals surface area (Å²) in [5.41, 5.74) is 2.68. The van der Waals surface area contributed by atoms with Crippen LogP contribution in [0.25, 0.3) is 17.5 Å². The lowest BCUT2D eigenvalue weighted by Gasteiger charge is -2.32. The molecular weight excluding hydrogens is 370 g/mol. The van der Waals surface area contributed by atoms with Gasteiger partial charge in [0.05, 0.1) is 12.5 Å². The zero-order valence-corrected chi connectivity index (χ0v) is 15.8. The number of esters is 1. The fourth-order valence-electron chi connectivity index (χ4n) is 3.28. The lowest BCUT2D eigenvalue weighted by Crippen LogP contribution is -2.32. The van der Waals surface area contributed by atoms with Crippen LogP contribution >= 0.6 is 0 Å². The average Bonchev–Trinajstić information content (AvgIpc) is 3.22. The zero-order valence-electron chi connectivity index (χ0n) is 15.8. The maximum absolute atomic E-state index is 12.5. The average molecular weight is 389 g/mol. The fourth-order valence-corrected chi connectivity index (χ4v) is 3.28. The van der Waals surface area contributed by atoms with Crippen LogP contribution in [-0.2, 0) is 20.9 Å². The molecule has 3 aromatic rings. The van der Waals surface area contributed by atoms with Crippen molar-refractivity contribution in [3.05, 3.63) is 77.8 Å². The van der Waals surface area contributed by atoms with Crippen LogP contribution in [0.15, 0.2) is 65.2 Å². The van der Waals surface area contributed by atoms with E-state index in [1.807, 2.05) is 60.7 Å². The summed E-state index contributed by atoms with van der Waals surface area (Å²) < 4.78 is 10.9. The Kier molecular flexibility index (Phi) is 5.20. The lowest BCUT2D eigenvalue weighted by atomic mass is 9.94. The Morgan fingerprint density at radius 2 is 1.83 bits per heavy atom. The number of nitrogens with zero attached hydrogens (tertiary/aromatic N) is 3. The van der Waals surface area contributed by atoms with Crippen LogP contribution in [0, 0.1) is 0 Å². The second-order valence-corrected chi connectivity index (χ2v) is 6.62. The Bertz CT molecular complexity index is 1060. The zero-order chi connectivity index (χ0) is 20.2. The maximum Gasteiger partial charge on any atom is 0.308 e. The van der Waals surface area contributed by atoms with Crippen molar-refractivity contribution in [1.29, 1.82) is 0 Å². The first-order valence-corrected chi connectivity index (χ1v) is 9.21. The predicted molar refractivity (Wildman–Crippen MR) is 105 cm³/mol. The molecule has 0 spiro atoms. The molecule has 29 heavy (non-hydrogen) atoms. The van der Waals surface area contributed by atoms with E-state index in [4.69, 9.17) is 9.15 Å². The third-order valence-electron chi connectivity index (χ3n) is 4.67. The first-order chi connectivity index (χ1) is 14.1. The lowest BCUT2D eigenvalue weighted by molar-refractivity contribution is -0.147. The molecule has 1 aliphatic rings. The van der Waals surface area contributed by atoms with Crippen LogP contribution in [0.4, 0.5) is 0 Å². The van der Waals surface area contributed by atoms with E-state index in [0.717, 1.165) is 16.7 Å². The van der Waals surface area contributed by atoms with Crippen LogP contribution in [0.2, 0.25) is 0 Å². The van der Waals surface area contributed by atoms with Crippen molar-refractivity contribution in [3.63, 3.8) is 0 Å². The fraction of sp³-hybridized carbons (Fsp3) is 0.182. The van der Waals surface area contributed by atoms with Crippen molar-refractivity contribution >= 4 is 18.0 Å². The van der Waals surface area contributed by atoms with E-state index in [1.165, 1.54) is 6.92 Å². The van der Waals surface area contributed by atoms with Gasteiger partial charge in [-0.2, -0.15) is 0 Å². The SMILES string of the molecule is CC(=O)N1C=Cc2ccccc2[C@H]1CC(=O)OCc1nnc(-c2ccccc2)o1. The van der Waals surface area contributed by atoms with Gasteiger partial charge in [0.2, 0.25) is 11.8 Å². The van der Waals surface area contributed by atoms with E-state index in [9.17, 15) is 9.59 Å². The Morgan fingerprint density at radius 3 is 2.62 bits per heavy atom. The summed E-state index contributed by atoms with van der Waals surface area (Å²) in [5, 5.41) is 7.90. The highest BCUT2D eigenvalue weighted by Gasteiger charge is 2.29. The molecule has 2 aromatic carbocycles. The molecule has 4 rings (SSSR count). The summed E-state index contributed by atoms with van der Waals surface area (Å²) in [6.07, 6.45) is 3.59. The van der Waals surface area contributed by atoms with Gasteiger partial charge < -0.3 is 14.1 Å². The molecule has 1 amide bonds. The van der Waals surface area contributed by atoms with Crippen LogP contribution in [0.1, 0.15) is 36.4 Å². The highest BCUT2D eigenvalue weighted by molar-refractivity contribution is 5.80. The summed E-state index contributed by atoms with van der Waals surface area (Å²) in [6, 6.07) is 16.6. The first kappa shape index (κ1) is 18.6. The Labute approximate surface area is 167 Å². The number of carbonyl (C=O) groups is 2. The summed E-state index contributed by atoms with van der Waals surface area (Å²) >= 11 is 0. The topological polar surface area (TPSA) is 85.5 Å². The minimum atomic E-state index is -0.453. The van der Waals surface area contributed by atoms with Crippen molar-refractivity contribution < 1.29 is 18.7 Å². The summed E-state index contributed by atoms with van der Waals surface area (Å²) in [7, 11) is 0. The van der Waals surface area contributed by atoms with Crippen LogP contribution in [-0.4, -0.2) is 27.0 Å². The minimum Gasteiger partial charge on any atom is -0.456 e. The normalized spacial score (nSPS) is 15.1. The summed E-state index contributed by atoms with van der Waals surface area (Å²) in [6.45, 7) is 1.35. The van der Waals surface area contributed by atoms with E-state index in [-0.39, 0.29) is 24.8 Å². The van der Waals surface area contributed by atoms with Crippen molar-refractivity contribution in [2.24, 2.45) is 0 Å². The molecule has 0 fully saturated rings. The number of rotatable bonds is 5. The van der Waals surface area contributed by atoms with Gasteiger partial charge in [-0.1, -0.05) is 42.5 Å². The van der Waals surface area contributed by atoms with Gasteiger partial charge in [0.1, 0.15) is 0 Å². The molecule has 0 N–H and O–H groups in total. The molecule has 0 unspecified atom stereocenters. The molecule has 0 saturated heterocycles. The smallest absolute Gasteiger partial charge is 0.308 e. The van der Waals surface area contributed by atoms with E-state index in [1.54, 1.807) is 11.1 Å². The monoisotopic (exact) mass is 389 g/mol. The largest absolute Gasteiger partial charge is 0.456 e. The van der Waals surface area contributed by atoms with E-state index < -0.39 is 12.0 Å². The van der Waals surface area contributed by atoms with Crippen molar-refractivity contribution in [1.82, 2.24) is 15.1 Å². The summed E-state index contributed by atoms with van der Waals surface area (Å²) in [5.74, 6) is -0.0147.